The zero-order valence-corrected chi connectivity index (χ0v) is 8.45. The highest BCUT2D eigenvalue weighted by atomic mass is 19.1. The van der Waals surface area contributed by atoms with Crippen LogP contribution in [0.15, 0.2) is 18.2 Å². The van der Waals surface area contributed by atoms with Crippen molar-refractivity contribution in [2.24, 2.45) is 0 Å². The van der Waals surface area contributed by atoms with Crippen molar-refractivity contribution >= 4 is 6.08 Å². The topological polar surface area (TPSA) is 42.2 Å². The number of allylic oxidation sites excluding steroid dienone is 1. The van der Waals surface area contributed by atoms with E-state index in [9.17, 15) is 4.39 Å². The van der Waals surface area contributed by atoms with Crippen LogP contribution in [0.1, 0.15) is 5.56 Å². The van der Waals surface area contributed by atoms with E-state index < -0.39 is 5.82 Å². The first-order valence-electron chi connectivity index (χ1n) is 4.20. The highest BCUT2D eigenvalue weighted by Crippen LogP contribution is 2.30. The van der Waals surface area contributed by atoms with Crippen LogP contribution in [-0.2, 0) is 0 Å². The van der Waals surface area contributed by atoms with Gasteiger partial charge in [0.15, 0.2) is 11.5 Å². The van der Waals surface area contributed by atoms with Gasteiger partial charge in [-0.25, -0.2) is 4.39 Å². The third-order valence-corrected chi connectivity index (χ3v) is 1.84. The molecule has 0 bridgehead atoms. The molecule has 0 aliphatic heterocycles. The van der Waals surface area contributed by atoms with Gasteiger partial charge in [0.2, 0.25) is 0 Å². The van der Waals surface area contributed by atoms with E-state index in [0.717, 1.165) is 0 Å². The molecule has 0 fully saturated rings. The molecule has 1 rings (SSSR count). The summed E-state index contributed by atoms with van der Waals surface area (Å²) in [6.45, 7) is 0. The lowest BCUT2D eigenvalue weighted by Gasteiger charge is -2.08. The summed E-state index contributed by atoms with van der Waals surface area (Å²) in [5, 5.41) is 8.33. The Bertz CT molecular complexity index is 421. The van der Waals surface area contributed by atoms with Crippen molar-refractivity contribution in [2.45, 2.75) is 0 Å². The Morgan fingerprint density at radius 3 is 2.40 bits per heavy atom. The van der Waals surface area contributed by atoms with Crippen LogP contribution in [0, 0.1) is 17.1 Å². The van der Waals surface area contributed by atoms with E-state index in [-0.39, 0.29) is 5.56 Å². The number of rotatable bonds is 3. The third-order valence-electron chi connectivity index (χ3n) is 1.84. The minimum absolute atomic E-state index is 0.286. The van der Waals surface area contributed by atoms with Crippen LogP contribution in [-0.4, -0.2) is 14.2 Å². The molecule has 15 heavy (non-hydrogen) atoms. The minimum atomic E-state index is -0.459. The van der Waals surface area contributed by atoms with Crippen LogP contribution >= 0.6 is 0 Å². The van der Waals surface area contributed by atoms with E-state index in [1.807, 2.05) is 0 Å². The maximum Gasteiger partial charge on any atom is 0.163 e. The fourth-order valence-electron chi connectivity index (χ4n) is 1.12. The molecule has 0 N–H and O–H groups in total. The van der Waals surface area contributed by atoms with Gasteiger partial charge in [-0.15, -0.1) is 0 Å². The summed E-state index contributed by atoms with van der Waals surface area (Å²) in [6.07, 6.45) is 2.57. The molecule has 4 heteroatoms. The van der Waals surface area contributed by atoms with E-state index in [2.05, 4.69) is 0 Å². The van der Waals surface area contributed by atoms with Crippen LogP contribution < -0.4 is 9.47 Å². The number of nitrogens with zero attached hydrogens (tertiary/aromatic N) is 1. The number of methoxy groups -OCH3 is 2. The Morgan fingerprint density at radius 1 is 1.27 bits per heavy atom. The fourth-order valence-corrected chi connectivity index (χ4v) is 1.12. The minimum Gasteiger partial charge on any atom is -0.493 e. The number of benzene rings is 1. The molecule has 1 aromatic carbocycles. The molecule has 0 radical (unpaired) electrons. The molecular weight excluding hydrogens is 197 g/mol. The van der Waals surface area contributed by atoms with Crippen LogP contribution in [0.4, 0.5) is 4.39 Å². The monoisotopic (exact) mass is 207 g/mol. The maximum atomic E-state index is 13.4. The number of ether oxygens (including phenoxy) is 2. The van der Waals surface area contributed by atoms with E-state index in [1.54, 1.807) is 6.07 Å². The number of hydrogen-bond donors (Lipinski definition) is 0. The molecule has 0 heterocycles. The van der Waals surface area contributed by atoms with Crippen LogP contribution in [0.25, 0.3) is 6.08 Å². The molecular formula is C11H10FNO2. The predicted octanol–water partition coefficient (Wildman–Crippen LogP) is 2.38. The fraction of sp³-hybridized carbons (Fsp3) is 0.182. The zero-order valence-electron chi connectivity index (χ0n) is 8.45. The van der Waals surface area contributed by atoms with Crippen molar-refractivity contribution in [3.63, 3.8) is 0 Å². The van der Waals surface area contributed by atoms with Gasteiger partial charge in [-0.3, -0.25) is 0 Å². The van der Waals surface area contributed by atoms with Gasteiger partial charge < -0.3 is 9.47 Å². The van der Waals surface area contributed by atoms with Gasteiger partial charge in [0.25, 0.3) is 0 Å². The molecule has 0 amide bonds. The summed E-state index contributed by atoms with van der Waals surface area (Å²) < 4.78 is 23.3. The lowest BCUT2D eigenvalue weighted by atomic mass is 10.1. The molecule has 3 nitrogen and oxygen atoms in total. The lowest BCUT2D eigenvalue weighted by Crippen LogP contribution is -1.93. The molecule has 0 saturated carbocycles. The molecule has 0 aliphatic rings. The SMILES string of the molecule is COc1cc(F)c(C=CC#N)cc1OC. The van der Waals surface area contributed by atoms with Gasteiger partial charge in [-0.05, 0) is 12.1 Å². The second-order valence-electron chi connectivity index (χ2n) is 2.69. The molecule has 78 valence electrons. The molecule has 0 spiro atoms. The normalized spacial score (nSPS) is 10.0. The number of halogens is 1. The first-order valence-corrected chi connectivity index (χ1v) is 4.20. The van der Waals surface area contributed by atoms with Crippen molar-refractivity contribution in [3.8, 4) is 17.6 Å². The van der Waals surface area contributed by atoms with E-state index in [0.29, 0.717) is 11.5 Å². The first-order chi connectivity index (χ1) is 7.22. The van der Waals surface area contributed by atoms with Crippen LogP contribution in [0.3, 0.4) is 0 Å². The molecule has 0 unspecified atom stereocenters. The summed E-state index contributed by atoms with van der Waals surface area (Å²) in [5.74, 6) is 0.291. The second-order valence-corrected chi connectivity index (χ2v) is 2.69. The first kappa shape index (κ1) is 11.1. The van der Waals surface area contributed by atoms with Gasteiger partial charge in [0.1, 0.15) is 5.82 Å². The average molecular weight is 207 g/mol. The Kier molecular flexibility index (Phi) is 3.69. The van der Waals surface area contributed by atoms with Gasteiger partial charge in [-0.1, -0.05) is 0 Å². The Morgan fingerprint density at radius 2 is 1.87 bits per heavy atom. The molecule has 0 saturated heterocycles. The summed E-state index contributed by atoms with van der Waals surface area (Å²) in [5.41, 5.74) is 0.286. The van der Waals surface area contributed by atoms with Gasteiger partial charge >= 0.3 is 0 Å². The molecule has 0 aromatic heterocycles. The molecule has 1 aromatic rings. The average Bonchev–Trinajstić information content (AvgIpc) is 2.27. The van der Waals surface area contributed by atoms with E-state index in [1.165, 1.54) is 38.5 Å². The Labute approximate surface area is 87.4 Å². The van der Waals surface area contributed by atoms with Gasteiger partial charge in [-0.2, -0.15) is 5.26 Å². The van der Waals surface area contributed by atoms with Crippen molar-refractivity contribution in [1.29, 1.82) is 5.26 Å². The zero-order chi connectivity index (χ0) is 11.3. The van der Waals surface area contributed by atoms with Crippen LogP contribution in [0.2, 0.25) is 0 Å². The van der Waals surface area contributed by atoms with E-state index >= 15 is 0 Å². The smallest absolute Gasteiger partial charge is 0.163 e. The quantitative estimate of drug-likeness (QED) is 0.714. The van der Waals surface area contributed by atoms with Crippen LogP contribution in [0.5, 0.6) is 11.5 Å². The largest absolute Gasteiger partial charge is 0.493 e. The van der Waals surface area contributed by atoms with Crippen molar-refractivity contribution in [2.75, 3.05) is 14.2 Å². The standard InChI is InChI=1S/C11H10FNO2/c1-14-10-6-8(4-3-5-13)9(12)7-11(10)15-2/h3-4,6-7H,1-2H3. The van der Waals surface area contributed by atoms with Crippen molar-refractivity contribution in [3.05, 3.63) is 29.6 Å². The highest BCUT2D eigenvalue weighted by molar-refractivity contribution is 5.58. The van der Waals surface area contributed by atoms with E-state index in [4.69, 9.17) is 14.7 Å². The Hall–Kier alpha value is -2.02. The summed E-state index contributed by atoms with van der Waals surface area (Å²) in [7, 11) is 2.90. The predicted molar refractivity (Wildman–Crippen MR) is 54.2 cm³/mol. The number of nitriles is 1. The summed E-state index contributed by atoms with van der Waals surface area (Å²) in [4.78, 5) is 0. The number of hydrogen-bond acceptors (Lipinski definition) is 3. The van der Waals surface area contributed by atoms with Gasteiger partial charge in [0, 0.05) is 17.7 Å². The Balaban J connectivity index is 3.20. The summed E-state index contributed by atoms with van der Waals surface area (Å²) in [6, 6.07) is 4.48. The maximum absolute atomic E-state index is 13.4. The summed E-state index contributed by atoms with van der Waals surface area (Å²) >= 11 is 0. The van der Waals surface area contributed by atoms with Crippen molar-refractivity contribution in [1.82, 2.24) is 0 Å². The third kappa shape index (κ3) is 2.47. The molecule has 0 atom stereocenters. The molecule has 0 aliphatic carbocycles. The lowest BCUT2D eigenvalue weighted by molar-refractivity contribution is 0.352. The second kappa shape index (κ2) is 5.01. The van der Waals surface area contributed by atoms with Crippen molar-refractivity contribution < 1.29 is 13.9 Å². The van der Waals surface area contributed by atoms with Gasteiger partial charge in [0.05, 0.1) is 20.3 Å². The highest BCUT2D eigenvalue weighted by Gasteiger charge is 2.08.